The molecule has 17 heavy (non-hydrogen) atoms. The van der Waals surface area contributed by atoms with Crippen LogP contribution in [0.3, 0.4) is 0 Å². The van der Waals surface area contributed by atoms with Crippen molar-refractivity contribution in [2.75, 3.05) is 6.54 Å². The highest BCUT2D eigenvalue weighted by Crippen LogP contribution is 2.71. The quantitative estimate of drug-likeness (QED) is 0.759. The van der Waals surface area contributed by atoms with Crippen LogP contribution in [-0.4, -0.2) is 34.7 Å². The molecule has 2 aliphatic heterocycles. The molecule has 1 spiro atoms. The average Bonchev–Trinajstić information content (AvgIpc) is 2.59. The zero-order valence-corrected chi connectivity index (χ0v) is 9.91. The predicted octanol–water partition coefficient (Wildman–Crippen LogP) is 0.679. The van der Waals surface area contributed by atoms with Crippen molar-refractivity contribution in [2.24, 2.45) is 5.41 Å². The average molecular weight is 239 g/mol. The largest absolute Gasteiger partial charge is 0.481 e. The number of carboxylic acid groups (broad SMARTS) is 1. The summed E-state index contributed by atoms with van der Waals surface area (Å²) in [6.45, 7) is 1.91. The lowest BCUT2D eigenvalue weighted by molar-refractivity contribution is -0.163. The minimum atomic E-state index is -0.729. The molecular formula is C12H17NO4. The fraction of sp³-hybridized carbons (Fsp3) is 0.833. The molecule has 2 bridgehead atoms. The van der Waals surface area contributed by atoms with Crippen molar-refractivity contribution in [1.82, 2.24) is 5.32 Å². The third-order valence-electron chi connectivity index (χ3n) is 4.76. The second-order valence-corrected chi connectivity index (χ2v) is 5.78. The molecule has 0 aromatic carbocycles. The third-order valence-corrected chi connectivity index (χ3v) is 4.76. The SMILES string of the molecule is CC(=O)NCC12CC(C(=O)O)(C1)C1(CCC1)O2. The number of hydrogen-bond donors (Lipinski definition) is 2. The number of rotatable bonds is 3. The maximum atomic E-state index is 11.5. The molecule has 0 radical (unpaired) electrons. The first-order chi connectivity index (χ1) is 7.94. The molecule has 2 N–H and O–H groups in total. The van der Waals surface area contributed by atoms with Crippen LogP contribution in [-0.2, 0) is 14.3 Å². The second-order valence-electron chi connectivity index (χ2n) is 5.78. The van der Waals surface area contributed by atoms with Crippen LogP contribution in [0.1, 0.15) is 39.0 Å². The summed E-state index contributed by atoms with van der Waals surface area (Å²) in [7, 11) is 0. The Balaban J connectivity index is 1.79. The highest BCUT2D eigenvalue weighted by atomic mass is 16.5. The molecule has 0 aromatic rings. The van der Waals surface area contributed by atoms with E-state index < -0.39 is 22.6 Å². The molecule has 2 heterocycles. The summed E-state index contributed by atoms with van der Waals surface area (Å²) < 4.78 is 6.07. The van der Waals surface area contributed by atoms with Gasteiger partial charge in [-0.05, 0) is 32.1 Å². The number of hydrogen-bond acceptors (Lipinski definition) is 3. The van der Waals surface area contributed by atoms with E-state index in [0.717, 1.165) is 19.3 Å². The Bertz CT molecular complexity index is 393. The monoisotopic (exact) mass is 239 g/mol. The zero-order chi connectivity index (χ0) is 12.3. The van der Waals surface area contributed by atoms with Gasteiger partial charge in [0.25, 0.3) is 0 Å². The Labute approximate surface area is 99.5 Å². The van der Waals surface area contributed by atoms with Crippen LogP contribution in [0.15, 0.2) is 0 Å². The Morgan fingerprint density at radius 3 is 2.35 bits per heavy atom. The molecule has 94 valence electrons. The molecule has 0 atom stereocenters. The van der Waals surface area contributed by atoms with Gasteiger partial charge in [0.2, 0.25) is 5.91 Å². The first kappa shape index (κ1) is 11.0. The summed E-state index contributed by atoms with van der Waals surface area (Å²) in [5.41, 5.74) is -1.52. The number of carboxylic acids is 1. The Kier molecular flexibility index (Phi) is 1.95. The predicted molar refractivity (Wildman–Crippen MR) is 58.4 cm³/mol. The summed E-state index contributed by atoms with van der Waals surface area (Å²) >= 11 is 0. The van der Waals surface area contributed by atoms with Crippen molar-refractivity contribution >= 4 is 11.9 Å². The van der Waals surface area contributed by atoms with E-state index in [9.17, 15) is 14.7 Å². The zero-order valence-electron chi connectivity index (χ0n) is 9.91. The number of amides is 1. The van der Waals surface area contributed by atoms with E-state index in [1.54, 1.807) is 0 Å². The molecule has 5 nitrogen and oxygen atoms in total. The molecule has 4 aliphatic rings. The minimum Gasteiger partial charge on any atom is -0.481 e. The van der Waals surface area contributed by atoms with E-state index in [1.807, 2.05) is 0 Å². The topological polar surface area (TPSA) is 75.6 Å². The van der Waals surface area contributed by atoms with Gasteiger partial charge in [-0.2, -0.15) is 0 Å². The summed E-state index contributed by atoms with van der Waals surface area (Å²) in [6, 6.07) is 0. The van der Waals surface area contributed by atoms with Crippen molar-refractivity contribution in [2.45, 2.75) is 50.2 Å². The van der Waals surface area contributed by atoms with Gasteiger partial charge in [0.15, 0.2) is 0 Å². The van der Waals surface area contributed by atoms with Crippen LogP contribution in [0.25, 0.3) is 0 Å². The van der Waals surface area contributed by atoms with Crippen LogP contribution < -0.4 is 5.32 Å². The van der Waals surface area contributed by atoms with Gasteiger partial charge < -0.3 is 15.2 Å². The van der Waals surface area contributed by atoms with Crippen LogP contribution in [0.4, 0.5) is 0 Å². The minimum absolute atomic E-state index is 0.0923. The maximum absolute atomic E-state index is 11.5. The Morgan fingerprint density at radius 1 is 1.35 bits per heavy atom. The van der Waals surface area contributed by atoms with Gasteiger partial charge in [0.05, 0.1) is 11.2 Å². The van der Waals surface area contributed by atoms with Gasteiger partial charge in [0, 0.05) is 13.5 Å². The molecule has 2 saturated carbocycles. The smallest absolute Gasteiger partial charge is 0.312 e. The highest BCUT2D eigenvalue weighted by Gasteiger charge is 2.79. The molecular weight excluding hydrogens is 222 g/mol. The first-order valence-corrected chi connectivity index (χ1v) is 6.12. The molecule has 4 rings (SSSR count). The van der Waals surface area contributed by atoms with E-state index in [4.69, 9.17) is 4.74 Å². The van der Waals surface area contributed by atoms with Gasteiger partial charge in [-0.25, -0.2) is 0 Å². The van der Waals surface area contributed by atoms with Gasteiger partial charge in [0.1, 0.15) is 5.41 Å². The molecule has 0 unspecified atom stereocenters. The van der Waals surface area contributed by atoms with E-state index in [1.165, 1.54) is 6.92 Å². The van der Waals surface area contributed by atoms with Gasteiger partial charge in [-0.1, -0.05) is 0 Å². The van der Waals surface area contributed by atoms with Gasteiger partial charge >= 0.3 is 5.97 Å². The van der Waals surface area contributed by atoms with E-state index in [2.05, 4.69) is 5.32 Å². The summed E-state index contributed by atoms with van der Waals surface area (Å²) in [4.78, 5) is 22.4. The number of ether oxygens (including phenoxy) is 1. The van der Waals surface area contributed by atoms with Crippen molar-refractivity contribution in [1.29, 1.82) is 0 Å². The van der Waals surface area contributed by atoms with Crippen LogP contribution in [0.2, 0.25) is 0 Å². The van der Waals surface area contributed by atoms with Crippen molar-refractivity contribution in [3.63, 3.8) is 0 Å². The lowest BCUT2D eigenvalue weighted by Gasteiger charge is -2.48. The molecule has 4 fully saturated rings. The number of nitrogens with one attached hydrogen (secondary N) is 1. The van der Waals surface area contributed by atoms with Crippen molar-refractivity contribution in [3.8, 4) is 0 Å². The maximum Gasteiger partial charge on any atom is 0.312 e. The summed E-state index contributed by atoms with van der Waals surface area (Å²) in [6.07, 6.45) is 3.85. The Hall–Kier alpha value is -1.10. The molecule has 1 amide bonds. The van der Waals surface area contributed by atoms with Crippen LogP contribution >= 0.6 is 0 Å². The lowest BCUT2D eigenvalue weighted by Crippen LogP contribution is -2.58. The van der Waals surface area contributed by atoms with Crippen molar-refractivity contribution in [3.05, 3.63) is 0 Å². The number of carbonyl (C=O) groups is 2. The molecule has 5 heteroatoms. The van der Waals surface area contributed by atoms with Gasteiger partial charge in [-0.15, -0.1) is 0 Å². The normalized spacial score (nSPS) is 40.5. The lowest BCUT2D eigenvalue weighted by atomic mass is 9.51. The number of carbonyl (C=O) groups excluding carboxylic acids is 1. The third kappa shape index (κ3) is 1.18. The fourth-order valence-electron chi connectivity index (χ4n) is 3.83. The van der Waals surface area contributed by atoms with Crippen LogP contribution in [0, 0.1) is 5.41 Å². The first-order valence-electron chi connectivity index (χ1n) is 6.12. The second kappa shape index (κ2) is 3.02. The van der Waals surface area contributed by atoms with E-state index >= 15 is 0 Å². The standard InChI is InChI=1S/C12H17NO4/c1-8(14)13-7-10-5-11(6-10,9(15)16)12(17-10)3-2-4-12/h2-7H2,1H3,(H,13,14)(H,15,16). The Morgan fingerprint density at radius 2 is 2.00 bits per heavy atom. The van der Waals surface area contributed by atoms with Crippen molar-refractivity contribution < 1.29 is 19.4 Å². The van der Waals surface area contributed by atoms with Crippen LogP contribution in [0.5, 0.6) is 0 Å². The fourth-order valence-corrected chi connectivity index (χ4v) is 3.83. The molecule has 2 saturated heterocycles. The van der Waals surface area contributed by atoms with E-state index in [0.29, 0.717) is 19.4 Å². The molecule has 0 aromatic heterocycles. The van der Waals surface area contributed by atoms with Gasteiger partial charge in [-0.3, -0.25) is 9.59 Å². The van der Waals surface area contributed by atoms with E-state index in [-0.39, 0.29) is 5.91 Å². The summed E-state index contributed by atoms with van der Waals surface area (Å²) in [5.74, 6) is -0.821. The molecule has 2 aliphatic carbocycles. The number of aliphatic carboxylic acids is 1. The summed E-state index contributed by atoms with van der Waals surface area (Å²) in [5, 5.41) is 12.2. The highest BCUT2D eigenvalue weighted by molar-refractivity contribution is 5.80.